The molecular weight excluding hydrogens is 266 g/mol. The number of rotatable bonds is 3. The van der Waals surface area contributed by atoms with Crippen LogP contribution in [0.1, 0.15) is 34.9 Å². The van der Waals surface area contributed by atoms with Crippen molar-refractivity contribution in [1.29, 1.82) is 0 Å². The third-order valence-electron chi connectivity index (χ3n) is 4.05. The summed E-state index contributed by atoms with van der Waals surface area (Å²) in [5.74, 6) is 0.884. The third-order valence-corrected chi connectivity index (χ3v) is 4.05. The first-order valence-corrected chi connectivity index (χ1v) is 7.13. The van der Waals surface area contributed by atoms with Crippen molar-refractivity contribution >= 4 is 5.91 Å². The largest absolute Gasteiger partial charge is 0.497 e. The Labute approximate surface area is 124 Å². The Bertz CT molecular complexity index is 633. The fourth-order valence-corrected chi connectivity index (χ4v) is 2.91. The van der Waals surface area contributed by atoms with Crippen molar-refractivity contribution in [3.8, 4) is 5.75 Å². The molecular formula is C16H19N3O2. The average Bonchev–Trinajstić information content (AvgIpc) is 3.15. The van der Waals surface area contributed by atoms with Crippen molar-refractivity contribution in [2.45, 2.75) is 18.9 Å². The van der Waals surface area contributed by atoms with Crippen molar-refractivity contribution in [3.05, 3.63) is 47.8 Å². The zero-order valence-electron chi connectivity index (χ0n) is 12.3. The summed E-state index contributed by atoms with van der Waals surface area (Å²) in [7, 11) is 3.45. The molecule has 0 unspecified atom stereocenters. The number of hydrogen-bond donors (Lipinski definition) is 0. The summed E-state index contributed by atoms with van der Waals surface area (Å²) in [4.78, 5) is 14.6. The molecule has 1 aromatic heterocycles. The zero-order chi connectivity index (χ0) is 14.8. The summed E-state index contributed by atoms with van der Waals surface area (Å²) in [6.07, 6.45) is 3.68. The minimum absolute atomic E-state index is 0.0494. The molecule has 2 aromatic rings. The van der Waals surface area contributed by atoms with E-state index >= 15 is 0 Å². The van der Waals surface area contributed by atoms with Crippen LogP contribution in [0.15, 0.2) is 36.5 Å². The number of carbonyl (C=O) groups excluding carboxylic acids is 1. The molecule has 1 aliphatic rings. The summed E-state index contributed by atoms with van der Waals surface area (Å²) in [5.41, 5.74) is 1.79. The zero-order valence-corrected chi connectivity index (χ0v) is 12.3. The highest BCUT2D eigenvalue weighted by molar-refractivity contribution is 5.93. The highest BCUT2D eigenvalue weighted by atomic mass is 16.5. The standard InChI is InChI=1S/C16H19N3O2/c1-18-15(9-10-17-18)16(20)19-11-3-4-14(19)12-5-7-13(21-2)8-6-12/h5-10,14H,3-4,11H2,1-2H3/t14-/m0/s1. The molecule has 21 heavy (non-hydrogen) atoms. The van der Waals surface area contributed by atoms with E-state index in [1.807, 2.05) is 29.2 Å². The van der Waals surface area contributed by atoms with Gasteiger partial charge in [-0.25, -0.2) is 0 Å². The second kappa shape index (κ2) is 5.60. The number of hydrogen-bond acceptors (Lipinski definition) is 3. The highest BCUT2D eigenvalue weighted by Gasteiger charge is 2.31. The molecule has 2 heterocycles. The summed E-state index contributed by atoms with van der Waals surface area (Å²) in [5, 5.41) is 4.08. The van der Waals surface area contributed by atoms with Gasteiger partial charge >= 0.3 is 0 Å². The summed E-state index contributed by atoms with van der Waals surface area (Å²) in [6.45, 7) is 0.792. The molecule has 1 amide bonds. The summed E-state index contributed by atoms with van der Waals surface area (Å²) < 4.78 is 6.82. The maximum Gasteiger partial charge on any atom is 0.272 e. The quantitative estimate of drug-likeness (QED) is 0.870. The van der Waals surface area contributed by atoms with E-state index in [0.29, 0.717) is 5.69 Å². The molecule has 0 saturated carbocycles. The molecule has 1 aromatic carbocycles. The number of aryl methyl sites for hydroxylation is 1. The number of carbonyl (C=O) groups is 1. The van der Waals surface area contributed by atoms with Gasteiger partial charge in [0.05, 0.1) is 13.2 Å². The normalized spacial score (nSPS) is 18.0. The Kier molecular flexibility index (Phi) is 3.64. The predicted molar refractivity (Wildman–Crippen MR) is 79.2 cm³/mol. The van der Waals surface area contributed by atoms with Crippen LogP contribution in [0.4, 0.5) is 0 Å². The lowest BCUT2D eigenvalue weighted by Crippen LogP contribution is -2.32. The molecule has 0 radical (unpaired) electrons. The van der Waals surface area contributed by atoms with Gasteiger partial charge in [0.25, 0.3) is 5.91 Å². The van der Waals surface area contributed by atoms with Gasteiger partial charge in [0.2, 0.25) is 0 Å². The lowest BCUT2D eigenvalue weighted by atomic mass is 10.0. The van der Waals surface area contributed by atoms with E-state index in [1.165, 1.54) is 0 Å². The molecule has 3 rings (SSSR count). The van der Waals surface area contributed by atoms with Gasteiger partial charge < -0.3 is 9.64 Å². The van der Waals surface area contributed by atoms with Crippen LogP contribution in [0.3, 0.4) is 0 Å². The molecule has 0 aliphatic carbocycles. The van der Waals surface area contributed by atoms with Gasteiger partial charge in [-0.1, -0.05) is 12.1 Å². The molecule has 0 spiro atoms. The Balaban J connectivity index is 1.85. The van der Waals surface area contributed by atoms with Crippen LogP contribution in [-0.2, 0) is 7.05 Å². The monoisotopic (exact) mass is 285 g/mol. The molecule has 1 aliphatic heterocycles. The van der Waals surface area contributed by atoms with E-state index in [-0.39, 0.29) is 11.9 Å². The smallest absolute Gasteiger partial charge is 0.272 e. The predicted octanol–water partition coefficient (Wildman–Crippen LogP) is 2.41. The highest BCUT2D eigenvalue weighted by Crippen LogP contribution is 2.33. The molecule has 5 nitrogen and oxygen atoms in total. The van der Waals surface area contributed by atoms with Crippen LogP contribution in [-0.4, -0.2) is 34.2 Å². The SMILES string of the molecule is COc1ccc([C@@H]2CCCN2C(=O)c2ccnn2C)cc1. The molecule has 0 N–H and O–H groups in total. The van der Waals surface area contributed by atoms with Crippen molar-refractivity contribution in [3.63, 3.8) is 0 Å². The van der Waals surface area contributed by atoms with E-state index < -0.39 is 0 Å². The van der Waals surface area contributed by atoms with Gasteiger partial charge in [-0.3, -0.25) is 9.48 Å². The minimum atomic E-state index is 0.0494. The van der Waals surface area contributed by atoms with Gasteiger partial charge in [-0.05, 0) is 36.6 Å². The van der Waals surface area contributed by atoms with Crippen molar-refractivity contribution < 1.29 is 9.53 Å². The molecule has 1 saturated heterocycles. The first-order chi connectivity index (χ1) is 10.2. The lowest BCUT2D eigenvalue weighted by Gasteiger charge is -2.25. The Morgan fingerprint density at radius 2 is 2.05 bits per heavy atom. The minimum Gasteiger partial charge on any atom is -0.497 e. The first-order valence-electron chi connectivity index (χ1n) is 7.13. The van der Waals surface area contributed by atoms with E-state index in [0.717, 1.165) is 30.7 Å². The molecule has 1 fully saturated rings. The number of amides is 1. The van der Waals surface area contributed by atoms with Crippen LogP contribution < -0.4 is 4.74 Å². The number of likely N-dealkylation sites (tertiary alicyclic amines) is 1. The molecule has 5 heteroatoms. The molecule has 1 atom stereocenters. The molecule has 110 valence electrons. The topological polar surface area (TPSA) is 47.4 Å². The van der Waals surface area contributed by atoms with Gasteiger partial charge in [-0.15, -0.1) is 0 Å². The maximum absolute atomic E-state index is 12.7. The maximum atomic E-state index is 12.7. The fourth-order valence-electron chi connectivity index (χ4n) is 2.91. The van der Waals surface area contributed by atoms with E-state index in [9.17, 15) is 4.79 Å². The Hall–Kier alpha value is -2.30. The van der Waals surface area contributed by atoms with Crippen molar-refractivity contribution in [1.82, 2.24) is 14.7 Å². The van der Waals surface area contributed by atoms with E-state index in [2.05, 4.69) is 5.10 Å². The second-order valence-corrected chi connectivity index (χ2v) is 5.27. The second-order valence-electron chi connectivity index (χ2n) is 5.27. The van der Waals surface area contributed by atoms with E-state index in [4.69, 9.17) is 4.74 Å². The van der Waals surface area contributed by atoms with E-state index in [1.54, 1.807) is 31.1 Å². The number of aromatic nitrogens is 2. The summed E-state index contributed by atoms with van der Waals surface area (Å²) >= 11 is 0. The number of nitrogens with zero attached hydrogens (tertiary/aromatic N) is 3. The molecule has 0 bridgehead atoms. The van der Waals surface area contributed by atoms with Gasteiger partial charge in [0.1, 0.15) is 11.4 Å². The average molecular weight is 285 g/mol. The van der Waals surface area contributed by atoms with Gasteiger partial charge in [-0.2, -0.15) is 5.10 Å². The van der Waals surface area contributed by atoms with Gasteiger partial charge in [0, 0.05) is 19.8 Å². The number of methoxy groups -OCH3 is 1. The third kappa shape index (κ3) is 2.51. The fraction of sp³-hybridized carbons (Fsp3) is 0.375. The van der Waals surface area contributed by atoms with Crippen LogP contribution in [0, 0.1) is 0 Å². The number of ether oxygens (including phenoxy) is 1. The van der Waals surface area contributed by atoms with Crippen molar-refractivity contribution in [2.75, 3.05) is 13.7 Å². The van der Waals surface area contributed by atoms with Crippen LogP contribution >= 0.6 is 0 Å². The summed E-state index contributed by atoms with van der Waals surface area (Å²) in [6, 6.07) is 9.88. The first kappa shape index (κ1) is 13.7. The Morgan fingerprint density at radius 3 is 2.67 bits per heavy atom. The van der Waals surface area contributed by atoms with Crippen LogP contribution in [0.25, 0.3) is 0 Å². The van der Waals surface area contributed by atoms with Crippen molar-refractivity contribution in [2.24, 2.45) is 7.05 Å². The van der Waals surface area contributed by atoms with Gasteiger partial charge in [0.15, 0.2) is 0 Å². The van der Waals surface area contributed by atoms with Crippen LogP contribution in [0.2, 0.25) is 0 Å². The Morgan fingerprint density at radius 1 is 1.29 bits per heavy atom. The number of benzene rings is 1. The van der Waals surface area contributed by atoms with Crippen LogP contribution in [0.5, 0.6) is 5.75 Å². The lowest BCUT2D eigenvalue weighted by molar-refractivity contribution is 0.0724.